The van der Waals surface area contributed by atoms with Crippen LogP contribution in [0.3, 0.4) is 0 Å². The van der Waals surface area contributed by atoms with Gasteiger partial charge < -0.3 is 29.7 Å². The Kier molecular flexibility index (Phi) is 7.64. The summed E-state index contributed by atoms with van der Waals surface area (Å²) in [7, 11) is 1.56. The van der Waals surface area contributed by atoms with E-state index in [4.69, 9.17) is 14.2 Å². The van der Waals surface area contributed by atoms with Crippen LogP contribution >= 0.6 is 0 Å². The second-order valence-corrected chi connectivity index (χ2v) is 8.35. The molecule has 0 radical (unpaired) electrons. The van der Waals surface area contributed by atoms with Crippen LogP contribution < -0.4 is 25.0 Å². The highest BCUT2D eigenvalue weighted by molar-refractivity contribution is 6.00. The van der Waals surface area contributed by atoms with Gasteiger partial charge in [-0.15, -0.1) is 0 Å². The summed E-state index contributed by atoms with van der Waals surface area (Å²) in [6.07, 6.45) is 2.22. The minimum absolute atomic E-state index is 0.0716. The predicted molar refractivity (Wildman–Crippen MR) is 126 cm³/mol. The molecule has 0 aromatic heterocycles. The second-order valence-electron chi connectivity index (χ2n) is 8.35. The van der Waals surface area contributed by atoms with E-state index in [0.29, 0.717) is 36.0 Å². The zero-order valence-corrected chi connectivity index (χ0v) is 19.1. The molecular formula is C25H29N3O6. The fourth-order valence-electron chi connectivity index (χ4n) is 4.07. The second kappa shape index (κ2) is 11.0. The van der Waals surface area contributed by atoms with E-state index in [1.165, 1.54) is 0 Å². The summed E-state index contributed by atoms with van der Waals surface area (Å²) in [5.41, 5.74) is 1.30. The molecule has 180 valence electrons. The number of hydrogen-bond donors (Lipinski definition) is 2. The average Bonchev–Trinajstić information content (AvgIpc) is 3.51. The number of methoxy groups -OCH3 is 1. The first-order valence-corrected chi connectivity index (χ1v) is 11.4. The van der Waals surface area contributed by atoms with Gasteiger partial charge in [-0.3, -0.25) is 14.4 Å². The molecule has 2 aliphatic rings. The molecule has 0 bridgehead atoms. The molecule has 2 atom stereocenters. The Labute approximate surface area is 198 Å². The summed E-state index contributed by atoms with van der Waals surface area (Å²) in [6, 6.07) is 14.0. The van der Waals surface area contributed by atoms with Crippen molar-refractivity contribution in [2.75, 3.05) is 43.6 Å². The minimum atomic E-state index is -0.384. The molecule has 0 spiro atoms. The van der Waals surface area contributed by atoms with Gasteiger partial charge in [0.1, 0.15) is 11.5 Å². The molecule has 9 heteroatoms. The molecule has 0 aliphatic carbocycles. The van der Waals surface area contributed by atoms with E-state index < -0.39 is 0 Å². The zero-order valence-electron chi connectivity index (χ0n) is 19.1. The fraction of sp³-hybridized carbons (Fsp3) is 0.400. The van der Waals surface area contributed by atoms with Crippen molar-refractivity contribution in [3.8, 4) is 11.5 Å². The number of nitrogens with one attached hydrogen (secondary N) is 2. The SMILES string of the molecule is COc1cccc(NC(=O)COc2ccc(N3C[C@@H](C(=O)NC[C@@H]4CCCO4)CC3=O)cc2)c1. The molecule has 2 aromatic carbocycles. The number of carbonyl (C=O) groups is 3. The van der Waals surface area contributed by atoms with E-state index in [2.05, 4.69) is 10.6 Å². The molecule has 4 rings (SSSR count). The molecule has 9 nitrogen and oxygen atoms in total. The molecule has 2 aromatic rings. The van der Waals surface area contributed by atoms with Crippen LogP contribution in [0.1, 0.15) is 19.3 Å². The van der Waals surface area contributed by atoms with Gasteiger partial charge in [0.2, 0.25) is 11.8 Å². The number of rotatable bonds is 9. The lowest BCUT2D eigenvalue weighted by Crippen LogP contribution is -2.37. The summed E-state index contributed by atoms with van der Waals surface area (Å²) in [6.45, 7) is 1.40. The third kappa shape index (κ3) is 6.05. The van der Waals surface area contributed by atoms with Crippen LogP contribution in [0.5, 0.6) is 11.5 Å². The van der Waals surface area contributed by atoms with Crippen molar-refractivity contribution in [2.24, 2.45) is 5.92 Å². The lowest BCUT2D eigenvalue weighted by molar-refractivity contribution is -0.126. The Morgan fingerprint density at radius 1 is 1.15 bits per heavy atom. The third-order valence-corrected chi connectivity index (χ3v) is 5.90. The summed E-state index contributed by atoms with van der Waals surface area (Å²) >= 11 is 0. The third-order valence-electron chi connectivity index (χ3n) is 5.90. The van der Waals surface area contributed by atoms with Gasteiger partial charge in [-0.25, -0.2) is 0 Å². The smallest absolute Gasteiger partial charge is 0.262 e. The molecular weight excluding hydrogens is 438 g/mol. The van der Waals surface area contributed by atoms with Gasteiger partial charge in [0, 0.05) is 43.6 Å². The normalized spacial score (nSPS) is 19.7. The number of anilines is 2. The number of hydrogen-bond acceptors (Lipinski definition) is 6. The Hall–Kier alpha value is -3.59. The standard InChI is InChI=1S/C25H29N3O6/c1-32-21-5-2-4-18(13-21)27-23(29)16-34-20-9-7-19(8-10-20)28-15-17(12-24(28)30)25(31)26-14-22-6-3-11-33-22/h2,4-5,7-10,13,17,22H,3,6,11-12,14-16H2,1H3,(H,26,31)(H,27,29)/t17-,22-/m0/s1. The van der Waals surface area contributed by atoms with Crippen LogP contribution in [0.2, 0.25) is 0 Å². The van der Waals surface area contributed by atoms with Crippen molar-refractivity contribution >= 4 is 29.1 Å². The van der Waals surface area contributed by atoms with Crippen molar-refractivity contribution < 1.29 is 28.6 Å². The Morgan fingerprint density at radius 3 is 2.71 bits per heavy atom. The molecule has 0 saturated carbocycles. The quantitative estimate of drug-likeness (QED) is 0.587. The van der Waals surface area contributed by atoms with E-state index in [0.717, 1.165) is 19.4 Å². The van der Waals surface area contributed by atoms with E-state index in [1.54, 1.807) is 60.5 Å². The Bertz CT molecular complexity index is 1020. The van der Waals surface area contributed by atoms with Crippen molar-refractivity contribution in [3.63, 3.8) is 0 Å². The summed E-state index contributed by atoms with van der Waals surface area (Å²) < 4.78 is 16.2. The van der Waals surface area contributed by atoms with Gasteiger partial charge >= 0.3 is 0 Å². The topological polar surface area (TPSA) is 106 Å². The van der Waals surface area contributed by atoms with E-state index in [1.807, 2.05) is 0 Å². The maximum atomic E-state index is 12.5. The fourth-order valence-corrected chi connectivity index (χ4v) is 4.07. The van der Waals surface area contributed by atoms with Crippen LogP contribution in [-0.4, -0.2) is 57.2 Å². The number of amides is 3. The van der Waals surface area contributed by atoms with Gasteiger partial charge in [-0.2, -0.15) is 0 Å². The van der Waals surface area contributed by atoms with E-state index in [-0.39, 0.29) is 42.8 Å². The largest absolute Gasteiger partial charge is 0.497 e. The molecule has 2 heterocycles. The maximum absolute atomic E-state index is 12.5. The first-order valence-electron chi connectivity index (χ1n) is 11.4. The van der Waals surface area contributed by atoms with E-state index >= 15 is 0 Å². The van der Waals surface area contributed by atoms with Crippen molar-refractivity contribution in [3.05, 3.63) is 48.5 Å². The van der Waals surface area contributed by atoms with Crippen molar-refractivity contribution in [1.29, 1.82) is 0 Å². The maximum Gasteiger partial charge on any atom is 0.262 e. The first-order chi connectivity index (χ1) is 16.5. The summed E-state index contributed by atoms with van der Waals surface area (Å²) in [5.74, 6) is 0.251. The zero-order chi connectivity index (χ0) is 23.9. The highest BCUT2D eigenvalue weighted by Gasteiger charge is 2.35. The molecule has 2 fully saturated rings. The van der Waals surface area contributed by atoms with Crippen LogP contribution in [0.4, 0.5) is 11.4 Å². The van der Waals surface area contributed by atoms with Crippen molar-refractivity contribution in [1.82, 2.24) is 5.32 Å². The lowest BCUT2D eigenvalue weighted by atomic mass is 10.1. The Balaban J connectivity index is 1.25. The van der Waals surface area contributed by atoms with Crippen LogP contribution in [0.15, 0.2) is 48.5 Å². The van der Waals surface area contributed by atoms with E-state index in [9.17, 15) is 14.4 Å². The number of carbonyl (C=O) groups excluding carboxylic acids is 3. The van der Waals surface area contributed by atoms with Gasteiger partial charge in [0.15, 0.2) is 6.61 Å². The first kappa shape index (κ1) is 23.6. The highest BCUT2D eigenvalue weighted by atomic mass is 16.5. The minimum Gasteiger partial charge on any atom is -0.497 e. The molecule has 3 amide bonds. The number of nitrogens with zero attached hydrogens (tertiary/aromatic N) is 1. The number of ether oxygens (including phenoxy) is 3. The molecule has 2 aliphatic heterocycles. The Morgan fingerprint density at radius 2 is 1.97 bits per heavy atom. The monoisotopic (exact) mass is 467 g/mol. The van der Waals surface area contributed by atoms with Gasteiger partial charge in [-0.05, 0) is 49.2 Å². The van der Waals surface area contributed by atoms with Gasteiger partial charge in [0.05, 0.1) is 19.1 Å². The van der Waals surface area contributed by atoms with Gasteiger partial charge in [0.25, 0.3) is 5.91 Å². The van der Waals surface area contributed by atoms with Crippen LogP contribution in [0.25, 0.3) is 0 Å². The number of benzene rings is 2. The molecule has 34 heavy (non-hydrogen) atoms. The molecule has 2 saturated heterocycles. The van der Waals surface area contributed by atoms with Crippen LogP contribution in [-0.2, 0) is 19.1 Å². The summed E-state index contributed by atoms with van der Waals surface area (Å²) in [5, 5.41) is 5.66. The lowest BCUT2D eigenvalue weighted by Gasteiger charge is -2.18. The molecule has 0 unspecified atom stereocenters. The van der Waals surface area contributed by atoms with Crippen LogP contribution in [0, 0.1) is 5.92 Å². The van der Waals surface area contributed by atoms with Crippen molar-refractivity contribution in [2.45, 2.75) is 25.4 Å². The predicted octanol–water partition coefficient (Wildman–Crippen LogP) is 2.36. The molecule has 2 N–H and O–H groups in total. The highest BCUT2D eigenvalue weighted by Crippen LogP contribution is 2.27. The van der Waals surface area contributed by atoms with Gasteiger partial charge in [-0.1, -0.05) is 6.07 Å². The summed E-state index contributed by atoms with van der Waals surface area (Å²) in [4.78, 5) is 38.8. The average molecular weight is 468 g/mol.